The molecular formula is C20H38O3. The first-order valence-corrected chi connectivity index (χ1v) is 9.76. The molecule has 0 saturated heterocycles. The summed E-state index contributed by atoms with van der Waals surface area (Å²) in [5.74, 6) is -1.70. The lowest BCUT2D eigenvalue weighted by molar-refractivity contribution is -0.151. The lowest BCUT2D eigenvalue weighted by Gasteiger charge is -2.35. The molecule has 0 spiro atoms. The number of Topliss-reactive ketones (excluding diaryl/α,β-unsaturated/α-hetero) is 1. The molecule has 0 rings (SSSR count). The van der Waals surface area contributed by atoms with Gasteiger partial charge in [-0.25, -0.2) is 0 Å². The van der Waals surface area contributed by atoms with Gasteiger partial charge in [-0.2, -0.15) is 0 Å². The Kier molecular flexibility index (Phi) is 12.1. The molecule has 0 bridgehead atoms. The van der Waals surface area contributed by atoms with Crippen LogP contribution in [-0.2, 0) is 9.59 Å². The second-order valence-electron chi connectivity index (χ2n) is 6.99. The number of aliphatic carboxylic acids is 1. The SMILES string of the molecule is CCCCC(C(=O)O)C(=O)C(CCCC)(CCCC)CCCC. The third kappa shape index (κ3) is 7.50. The Morgan fingerprint density at radius 3 is 1.48 bits per heavy atom. The molecule has 0 fully saturated rings. The average molecular weight is 327 g/mol. The molecule has 0 radical (unpaired) electrons. The van der Waals surface area contributed by atoms with Crippen molar-refractivity contribution in [2.75, 3.05) is 0 Å². The lowest BCUT2D eigenvalue weighted by Crippen LogP contribution is -2.39. The van der Waals surface area contributed by atoms with E-state index in [9.17, 15) is 14.7 Å². The van der Waals surface area contributed by atoms with Crippen LogP contribution in [0.3, 0.4) is 0 Å². The maximum atomic E-state index is 13.2. The molecule has 3 heteroatoms. The summed E-state index contributed by atoms with van der Waals surface area (Å²) in [6.07, 6.45) is 11.0. The van der Waals surface area contributed by atoms with Crippen molar-refractivity contribution >= 4 is 11.8 Å². The van der Waals surface area contributed by atoms with Crippen molar-refractivity contribution in [3.05, 3.63) is 0 Å². The molecule has 0 aliphatic heterocycles. The molecule has 0 aromatic rings. The van der Waals surface area contributed by atoms with Crippen LogP contribution in [0.25, 0.3) is 0 Å². The predicted molar refractivity (Wildman–Crippen MR) is 96.7 cm³/mol. The van der Waals surface area contributed by atoms with Crippen molar-refractivity contribution in [3.63, 3.8) is 0 Å². The van der Waals surface area contributed by atoms with Crippen molar-refractivity contribution in [1.82, 2.24) is 0 Å². The predicted octanol–water partition coefficient (Wildman–Crippen LogP) is 6.00. The molecule has 0 aliphatic carbocycles. The highest BCUT2D eigenvalue weighted by atomic mass is 16.4. The van der Waals surface area contributed by atoms with E-state index in [4.69, 9.17) is 0 Å². The first-order chi connectivity index (χ1) is 11.0. The van der Waals surface area contributed by atoms with Gasteiger partial charge in [0.15, 0.2) is 5.78 Å². The van der Waals surface area contributed by atoms with E-state index in [0.29, 0.717) is 6.42 Å². The van der Waals surface area contributed by atoms with Crippen molar-refractivity contribution in [3.8, 4) is 0 Å². The minimum atomic E-state index is -0.919. The van der Waals surface area contributed by atoms with Crippen LogP contribution < -0.4 is 0 Å². The molecule has 136 valence electrons. The highest BCUT2D eigenvalue weighted by molar-refractivity contribution is 6.01. The van der Waals surface area contributed by atoms with Gasteiger partial charge >= 0.3 is 5.97 Å². The summed E-state index contributed by atoms with van der Waals surface area (Å²) in [5, 5.41) is 9.59. The summed E-state index contributed by atoms with van der Waals surface area (Å²) in [5.41, 5.74) is -0.404. The fourth-order valence-corrected chi connectivity index (χ4v) is 3.43. The zero-order valence-corrected chi connectivity index (χ0v) is 15.8. The first-order valence-electron chi connectivity index (χ1n) is 9.76. The molecule has 0 aromatic carbocycles. The number of unbranched alkanes of at least 4 members (excludes halogenated alkanes) is 4. The average Bonchev–Trinajstić information content (AvgIpc) is 2.54. The van der Waals surface area contributed by atoms with Crippen LogP contribution in [0.5, 0.6) is 0 Å². The standard InChI is InChI=1S/C20H38O3/c1-5-9-13-17(19(22)23)18(21)20(14-10-6-2,15-11-7-3)16-12-8-4/h17H,5-16H2,1-4H3,(H,22,23). The normalized spacial score (nSPS) is 13.0. The molecule has 1 N–H and O–H groups in total. The van der Waals surface area contributed by atoms with E-state index >= 15 is 0 Å². The van der Waals surface area contributed by atoms with Crippen LogP contribution in [0.1, 0.15) is 105 Å². The van der Waals surface area contributed by atoms with Crippen LogP contribution in [0.4, 0.5) is 0 Å². The molecule has 23 heavy (non-hydrogen) atoms. The van der Waals surface area contributed by atoms with Crippen LogP contribution in [0.15, 0.2) is 0 Å². The smallest absolute Gasteiger partial charge is 0.314 e. The van der Waals surface area contributed by atoms with Gasteiger partial charge in [0.05, 0.1) is 0 Å². The highest BCUT2D eigenvalue weighted by Gasteiger charge is 2.42. The van der Waals surface area contributed by atoms with Gasteiger partial charge in [-0.05, 0) is 25.7 Å². The molecule has 0 amide bonds. The number of carboxylic acids is 1. The van der Waals surface area contributed by atoms with Gasteiger partial charge in [-0.15, -0.1) is 0 Å². The Balaban J connectivity index is 5.43. The first kappa shape index (κ1) is 22.1. The highest BCUT2D eigenvalue weighted by Crippen LogP contribution is 2.40. The fourth-order valence-electron chi connectivity index (χ4n) is 3.43. The number of carbonyl (C=O) groups excluding carboxylic acids is 1. The van der Waals surface area contributed by atoms with Crippen molar-refractivity contribution in [1.29, 1.82) is 0 Å². The van der Waals surface area contributed by atoms with Crippen molar-refractivity contribution in [2.24, 2.45) is 11.3 Å². The number of rotatable bonds is 15. The van der Waals surface area contributed by atoms with Gasteiger partial charge in [0, 0.05) is 5.41 Å². The number of carboxylic acid groups (broad SMARTS) is 1. The summed E-state index contributed by atoms with van der Waals surface area (Å²) in [6.45, 7) is 8.46. The fraction of sp³-hybridized carbons (Fsp3) is 0.900. The molecule has 1 unspecified atom stereocenters. The van der Waals surface area contributed by atoms with Crippen LogP contribution >= 0.6 is 0 Å². The quantitative estimate of drug-likeness (QED) is 0.375. The van der Waals surface area contributed by atoms with E-state index in [2.05, 4.69) is 20.8 Å². The zero-order valence-electron chi connectivity index (χ0n) is 15.8. The van der Waals surface area contributed by atoms with Gasteiger partial charge < -0.3 is 5.11 Å². The van der Waals surface area contributed by atoms with Crippen LogP contribution in [0.2, 0.25) is 0 Å². The minimum absolute atomic E-state index is 0.0220. The maximum Gasteiger partial charge on any atom is 0.314 e. The molecule has 0 saturated carbocycles. The molecular weight excluding hydrogens is 288 g/mol. The summed E-state index contributed by atoms with van der Waals surface area (Å²) < 4.78 is 0. The Labute approximate surface area is 143 Å². The van der Waals surface area contributed by atoms with E-state index in [-0.39, 0.29) is 5.78 Å². The number of carbonyl (C=O) groups is 2. The second-order valence-corrected chi connectivity index (χ2v) is 6.99. The largest absolute Gasteiger partial charge is 0.481 e. The van der Waals surface area contributed by atoms with E-state index in [0.717, 1.165) is 70.6 Å². The number of hydrogen-bond donors (Lipinski definition) is 1. The third-order valence-corrected chi connectivity index (χ3v) is 5.01. The third-order valence-electron chi connectivity index (χ3n) is 5.01. The molecule has 0 aromatic heterocycles. The van der Waals surface area contributed by atoms with Crippen LogP contribution in [0, 0.1) is 11.3 Å². The molecule has 0 aliphatic rings. The van der Waals surface area contributed by atoms with Gasteiger partial charge in [-0.3, -0.25) is 9.59 Å². The zero-order chi connectivity index (χ0) is 17.7. The summed E-state index contributed by atoms with van der Waals surface area (Å²) in [7, 11) is 0. The lowest BCUT2D eigenvalue weighted by atomic mass is 9.67. The Morgan fingerprint density at radius 2 is 1.17 bits per heavy atom. The number of ketones is 1. The number of hydrogen-bond acceptors (Lipinski definition) is 2. The molecule has 0 heterocycles. The van der Waals surface area contributed by atoms with E-state index < -0.39 is 17.3 Å². The molecule has 1 atom stereocenters. The van der Waals surface area contributed by atoms with Crippen molar-refractivity contribution in [2.45, 2.75) is 105 Å². The summed E-state index contributed by atoms with van der Waals surface area (Å²) >= 11 is 0. The topological polar surface area (TPSA) is 54.4 Å². The van der Waals surface area contributed by atoms with Crippen molar-refractivity contribution < 1.29 is 14.7 Å². The van der Waals surface area contributed by atoms with Gasteiger partial charge in [0.1, 0.15) is 5.92 Å². The Morgan fingerprint density at radius 1 is 0.783 bits per heavy atom. The summed E-state index contributed by atoms with van der Waals surface area (Å²) in [6, 6.07) is 0. The summed E-state index contributed by atoms with van der Waals surface area (Å²) in [4.78, 5) is 24.9. The van der Waals surface area contributed by atoms with E-state index in [1.165, 1.54) is 0 Å². The Bertz CT molecular complexity index is 314. The minimum Gasteiger partial charge on any atom is -0.481 e. The van der Waals surface area contributed by atoms with E-state index in [1.54, 1.807) is 0 Å². The Hall–Kier alpha value is -0.860. The van der Waals surface area contributed by atoms with E-state index in [1.807, 2.05) is 6.92 Å². The van der Waals surface area contributed by atoms with Gasteiger partial charge in [0.25, 0.3) is 0 Å². The second kappa shape index (κ2) is 12.5. The monoisotopic (exact) mass is 326 g/mol. The van der Waals surface area contributed by atoms with Gasteiger partial charge in [-0.1, -0.05) is 79.1 Å². The van der Waals surface area contributed by atoms with Gasteiger partial charge in [0.2, 0.25) is 0 Å². The maximum absolute atomic E-state index is 13.2. The molecule has 3 nitrogen and oxygen atoms in total. The van der Waals surface area contributed by atoms with Crippen LogP contribution in [-0.4, -0.2) is 16.9 Å².